The van der Waals surface area contributed by atoms with Crippen molar-refractivity contribution in [3.63, 3.8) is 0 Å². The molecule has 1 amide bonds. The van der Waals surface area contributed by atoms with E-state index in [1.54, 1.807) is 18.3 Å². The Balaban J connectivity index is 0.00000190. The molecule has 2 rings (SSSR count). The van der Waals surface area contributed by atoms with E-state index in [4.69, 9.17) is 4.74 Å². The second-order valence-electron chi connectivity index (χ2n) is 5.95. The Morgan fingerprint density at radius 2 is 1.79 bits per heavy atom. The van der Waals surface area contributed by atoms with Crippen LogP contribution < -0.4 is 10.6 Å². The largest absolute Gasteiger partial charge is 0.508 e. The van der Waals surface area contributed by atoms with Crippen LogP contribution in [0.5, 0.6) is 5.75 Å². The van der Waals surface area contributed by atoms with Gasteiger partial charge in [-0.05, 0) is 48.9 Å². The molecule has 1 atom stereocenters. The number of amides is 1. The highest BCUT2D eigenvalue weighted by Gasteiger charge is 2.12. The predicted octanol–water partition coefficient (Wildman–Crippen LogP) is 3.90. The van der Waals surface area contributed by atoms with Gasteiger partial charge in [0.15, 0.2) is 0 Å². The van der Waals surface area contributed by atoms with Crippen molar-refractivity contribution < 1.29 is 14.6 Å². The minimum atomic E-state index is -0.193. The molecule has 3 N–H and O–H groups in total. The first kappa shape index (κ1) is 23.2. The zero-order valence-corrected chi connectivity index (χ0v) is 16.9. The van der Waals surface area contributed by atoms with Gasteiger partial charge < -0.3 is 20.5 Å². The molecule has 0 saturated heterocycles. The summed E-state index contributed by atoms with van der Waals surface area (Å²) in [5, 5.41) is 15.2. The maximum absolute atomic E-state index is 12.2. The van der Waals surface area contributed by atoms with Gasteiger partial charge in [0, 0.05) is 25.3 Å². The highest BCUT2D eigenvalue weighted by atomic mass is 16.5. The maximum Gasteiger partial charge on any atom is 0.251 e. The number of carbonyl (C=O) groups excluding carboxylic acids is 1. The van der Waals surface area contributed by atoms with Crippen molar-refractivity contribution in [3.8, 4) is 5.75 Å². The number of phenolic OH excluding ortho intramolecular Hbond substituents is 1. The van der Waals surface area contributed by atoms with Gasteiger partial charge in [-0.15, -0.1) is 0 Å². The van der Waals surface area contributed by atoms with Crippen molar-refractivity contribution in [2.75, 3.05) is 19.7 Å². The molecule has 0 fully saturated rings. The van der Waals surface area contributed by atoms with Gasteiger partial charge in [-0.3, -0.25) is 4.79 Å². The van der Waals surface area contributed by atoms with Crippen LogP contribution in [0.3, 0.4) is 0 Å². The monoisotopic (exact) mass is 384 g/mol. The molecule has 5 nitrogen and oxygen atoms in total. The summed E-state index contributed by atoms with van der Waals surface area (Å²) >= 11 is 0. The molecule has 0 heterocycles. The quantitative estimate of drug-likeness (QED) is 0.514. The van der Waals surface area contributed by atoms with Crippen LogP contribution in [0, 0.1) is 0 Å². The summed E-state index contributed by atoms with van der Waals surface area (Å²) in [7, 11) is 0. The standard InChI is InChI=1S/C21H26N2O3.C2H6/c1-2-22-15-20(26-14-6-9-17-7-4-3-5-8-17)16-23-21(25)18-10-12-19(24)13-11-18;1-2/h2-5,7-8,10-13,20,22,24H,1,6,9,14-16H2,(H,23,25);1-2H3. The summed E-state index contributed by atoms with van der Waals surface area (Å²) in [6, 6.07) is 16.4. The highest BCUT2D eigenvalue weighted by molar-refractivity contribution is 5.94. The first-order valence-corrected chi connectivity index (χ1v) is 9.76. The Hall–Kier alpha value is -2.79. The van der Waals surface area contributed by atoms with Crippen LogP contribution in [0.1, 0.15) is 36.2 Å². The van der Waals surface area contributed by atoms with E-state index in [2.05, 4.69) is 29.3 Å². The fourth-order valence-electron chi connectivity index (χ4n) is 2.50. The number of rotatable bonds is 11. The third-order valence-corrected chi connectivity index (χ3v) is 3.92. The van der Waals surface area contributed by atoms with Crippen LogP contribution in [0.15, 0.2) is 67.4 Å². The average Bonchev–Trinajstić information content (AvgIpc) is 2.75. The van der Waals surface area contributed by atoms with Gasteiger partial charge in [0.1, 0.15) is 5.75 Å². The highest BCUT2D eigenvalue weighted by Crippen LogP contribution is 2.09. The molecule has 0 bridgehead atoms. The summed E-state index contributed by atoms with van der Waals surface area (Å²) in [4.78, 5) is 12.2. The lowest BCUT2D eigenvalue weighted by molar-refractivity contribution is 0.0515. The predicted molar refractivity (Wildman–Crippen MR) is 114 cm³/mol. The van der Waals surface area contributed by atoms with Crippen LogP contribution in [-0.4, -0.2) is 36.8 Å². The number of benzene rings is 2. The Bertz CT molecular complexity index is 672. The van der Waals surface area contributed by atoms with E-state index < -0.39 is 0 Å². The molecule has 0 aliphatic heterocycles. The van der Waals surface area contributed by atoms with E-state index in [0.717, 1.165) is 12.8 Å². The van der Waals surface area contributed by atoms with Gasteiger partial charge in [0.05, 0.1) is 6.10 Å². The summed E-state index contributed by atoms with van der Waals surface area (Å²) in [5.41, 5.74) is 1.79. The second kappa shape index (κ2) is 14.3. The third-order valence-electron chi connectivity index (χ3n) is 3.92. The van der Waals surface area contributed by atoms with Crippen LogP contribution in [0.25, 0.3) is 0 Å². The lowest BCUT2D eigenvalue weighted by Crippen LogP contribution is -2.39. The van der Waals surface area contributed by atoms with Crippen molar-refractivity contribution in [3.05, 3.63) is 78.5 Å². The number of phenols is 1. The molecule has 1 unspecified atom stereocenters. The Kier molecular flexibility index (Phi) is 11.9. The first-order valence-electron chi connectivity index (χ1n) is 9.76. The van der Waals surface area contributed by atoms with Gasteiger partial charge in [-0.25, -0.2) is 0 Å². The Morgan fingerprint density at radius 3 is 2.43 bits per heavy atom. The molecule has 28 heavy (non-hydrogen) atoms. The summed E-state index contributed by atoms with van der Waals surface area (Å²) in [6.45, 7) is 9.23. The van der Waals surface area contributed by atoms with E-state index >= 15 is 0 Å². The van der Waals surface area contributed by atoms with Crippen molar-refractivity contribution in [1.29, 1.82) is 0 Å². The smallest absolute Gasteiger partial charge is 0.251 e. The zero-order valence-electron chi connectivity index (χ0n) is 16.9. The molecule has 0 radical (unpaired) electrons. The first-order chi connectivity index (χ1) is 13.7. The van der Waals surface area contributed by atoms with E-state index in [0.29, 0.717) is 25.3 Å². The molecule has 0 spiro atoms. The van der Waals surface area contributed by atoms with Crippen LogP contribution >= 0.6 is 0 Å². The molecular weight excluding hydrogens is 352 g/mol. The van der Waals surface area contributed by atoms with Crippen LogP contribution in [0.4, 0.5) is 0 Å². The van der Waals surface area contributed by atoms with Crippen LogP contribution in [0.2, 0.25) is 0 Å². The van der Waals surface area contributed by atoms with E-state index in [-0.39, 0.29) is 17.8 Å². The van der Waals surface area contributed by atoms with Crippen molar-refractivity contribution in [1.82, 2.24) is 10.6 Å². The van der Waals surface area contributed by atoms with Gasteiger partial charge >= 0.3 is 0 Å². The molecule has 5 heteroatoms. The van der Waals surface area contributed by atoms with E-state index in [9.17, 15) is 9.90 Å². The summed E-state index contributed by atoms with van der Waals surface area (Å²) in [6.07, 6.45) is 3.34. The van der Waals surface area contributed by atoms with Crippen molar-refractivity contribution in [2.24, 2.45) is 0 Å². The fourth-order valence-corrected chi connectivity index (χ4v) is 2.50. The SMILES string of the molecule is C=CNCC(CNC(=O)c1ccc(O)cc1)OCCCc1ccccc1.CC. The summed E-state index contributed by atoms with van der Waals surface area (Å²) < 4.78 is 5.91. The molecule has 2 aromatic rings. The number of aromatic hydroxyl groups is 1. The molecule has 0 aliphatic rings. The van der Waals surface area contributed by atoms with E-state index in [1.807, 2.05) is 32.0 Å². The van der Waals surface area contributed by atoms with Gasteiger partial charge in [-0.2, -0.15) is 0 Å². The third kappa shape index (κ3) is 9.24. The van der Waals surface area contributed by atoms with Gasteiger partial charge in [-0.1, -0.05) is 50.8 Å². The molecule has 0 aromatic heterocycles. The number of ether oxygens (including phenoxy) is 1. The maximum atomic E-state index is 12.2. The van der Waals surface area contributed by atoms with Gasteiger partial charge in [0.25, 0.3) is 5.91 Å². The number of hydrogen-bond acceptors (Lipinski definition) is 4. The molecule has 152 valence electrons. The van der Waals surface area contributed by atoms with Crippen molar-refractivity contribution in [2.45, 2.75) is 32.8 Å². The Morgan fingerprint density at radius 1 is 1.11 bits per heavy atom. The number of hydrogen-bond donors (Lipinski definition) is 3. The molecule has 0 aliphatic carbocycles. The number of aryl methyl sites for hydroxylation is 1. The Labute approximate surface area is 168 Å². The molecular formula is C23H32N2O3. The van der Waals surface area contributed by atoms with Gasteiger partial charge in [0.2, 0.25) is 0 Å². The average molecular weight is 385 g/mol. The fraction of sp³-hybridized carbons (Fsp3) is 0.348. The minimum Gasteiger partial charge on any atom is -0.508 e. The normalized spacial score (nSPS) is 10.9. The lowest BCUT2D eigenvalue weighted by atomic mass is 10.1. The van der Waals surface area contributed by atoms with Crippen molar-refractivity contribution >= 4 is 5.91 Å². The lowest BCUT2D eigenvalue weighted by Gasteiger charge is -2.19. The topological polar surface area (TPSA) is 70.6 Å². The zero-order chi connectivity index (χ0) is 20.6. The van der Waals surface area contributed by atoms with E-state index in [1.165, 1.54) is 17.7 Å². The van der Waals surface area contributed by atoms with Crippen LogP contribution in [-0.2, 0) is 11.2 Å². The number of nitrogens with one attached hydrogen (secondary N) is 2. The number of carbonyl (C=O) groups is 1. The minimum absolute atomic E-state index is 0.136. The summed E-state index contributed by atoms with van der Waals surface area (Å²) in [5.74, 6) is -0.0575. The molecule has 2 aromatic carbocycles. The second-order valence-corrected chi connectivity index (χ2v) is 5.95. The molecule has 0 saturated carbocycles.